The first kappa shape index (κ1) is 17.0. The van der Waals surface area contributed by atoms with Crippen LogP contribution in [0, 0.1) is 11.3 Å². The number of nitriles is 1. The van der Waals surface area contributed by atoms with Crippen molar-refractivity contribution < 1.29 is 0 Å². The summed E-state index contributed by atoms with van der Waals surface area (Å²) in [6.07, 6.45) is 6.94. The third-order valence-electron chi connectivity index (χ3n) is 4.35. The van der Waals surface area contributed by atoms with Crippen LogP contribution in [-0.4, -0.2) is 19.1 Å². The van der Waals surface area contributed by atoms with E-state index in [2.05, 4.69) is 16.0 Å². The molecule has 0 saturated carbocycles. The molecule has 6 nitrogen and oxygen atoms in total. The monoisotopic (exact) mass is 375 g/mol. The Kier molecular flexibility index (Phi) is 4.45. The Morgan fingerprint density at radius 1 is 1.07 bits per heavy atom. The molecule has 0 fully saturated rings. The molecule has 2 aromatic rings. The number of nitrogens with zero attached hydrogens (tertiary/aromatic N) is 5. The molecule has 0 unspecified atom stereocenters. The van der Waals surface area contributed by atoms with Crippen LogP contribution in [0.15, 0.2) is 66.0 Å². The summed E-state index contributed by atoms with van der Waals surface area (Å²) in [5.74, 6) is 0. The Morgan fingerprint density at radius 2 is 1.93 bits per heavy atom. The predicted octanol–water partition coefficient (Wildman–Crippen LogP) is 3.17. The third-order valence-corrected chi connectivity index (χ3v) is 4.58. The first-order valence-corrected chi connectivity index (χ1v) is 8.66. The summed E-state index contributed by atoms with van der Waals surface area (Å²) < 4.78 is 3.50. The summed E-state index contributed by atoms with van der Waals surface area (Å²) in [4.78, 5) is 21.0. The maximum atomic E-state index is 12.9. The lowest BCUT2D eigenvalue weighted by molar-refractivity contribution is 0.759. The van der Waals surface area contributed by atoms with Gasteiger partial charge in [0.25, 0.3) is 5.56 Å². The summed E-state index contributed by atoms with van der Waals surface area (Å²) in [5, 5.41) is 10.0. The van der Waals surface area contributed by atoms with Crippen LogP contribution in [0.3, 0.4) is 0 Å². The van der Waals surface area contributed by atoms with Gasteiger partial charge in [-0.1, -0.05) is 23.7 Å². The van der Waals surface area contributed by atoms with E-state index in [1.54, 1.807) is 29.2 Å². The van der Waals surface area contributed by atoms with E-state index in [0.717, 1.165) is 11.1 Å². The molecule has 4 rings (SSSR count). The molecule has 0 radical (unpaired) electrons. The summed E-state index contributed by atoms with van der Waals surface area (Å²) >= 11 is 5.85. The molecular weight excluding hydrogens is 362 g/mol. The smallest absolute Gasteiger partial charge is 0.271 e. The standard InChI is InChI=1S/C20H14ClN5O/c21-18-6-5-15(11-24-18)12-25-8-2-4-17-19(25)16(9-22)20(27)26(17)13-14-3-1-7-23-10-14/h1-8,10-11H,12-13H2. The number of hydrogen-bond acceptors (Lipinski definition) is 4. The maximum absolute atomic E-state index is 12.9. The second-order valence-electron chi connectivity index (χ2n) is 6.10. The molecule has 0 amide bonds. The van der Waals surface area contributed by atoms with E-state index in [9.17, 15) is 10.1 Å². The fraction of sp³-hybridized carbons (Fsp3) is 0.100. The van der Waals surface area contributed by atoms with Gasteiger partial charge in [0.2, 0.25) is 0 Å². The molecule has 7 heteroatoms. The molecule has 0 bridgehead atoms. The lowest BCUT2D eigenvalue weighted by atomic mass is 10.2. The molecule has 0 N–H and O–H groups in total. The molecule has 132 valence electrons. The van der Waals surface area contributed by atoms with Crippen LogP contribution in [0.5, 0.6) is 0 Å². The Labute approximate surface area is 160 Å². The van der Waals surface area contributed by atoms with Crippen molar-refractivity contribution in [3.8, 4) is 17.5 Å². The van der Waals surface area contributed by atoms with E-state index >= 15 is 0 Å². The van der Waals surface area contributed by atoms with E-state index in [1.807, 2.05) is 41.1 Å². The van der Waals surface area contributed by atoms with Crippen LogP contribution >= 0.6 is 11.6 Å². The molecule has 27 heavy (non-hydrogen) atoms. The Hall–Kier alpha value is -3.43. The van der Waals surface area contributed by atoms with Crippen molar-refractivity contribution in [1.82, 2.24) is 19.1 Å². The van der Waals surface area contributed by atoms with E-state index in [0.29, 0.717) is 29.6 Å². The van der Waals surface area contributed by atoms with Crippen molar-refractivity contribution in [3.63, 3.8) is 0 Å². The zero-order chi connectivity index (χ0) is 18.8. The minimum absolute atomic E-state index is 0.136. The molecule has 4 heterocycles. The normalized spacial score (nSPS) is 10.8. The Morgan fingerprint density at radius 3 is 2.63 bits per heavy atom. The van der Waals surface area contributed by atoms with Gasteiger partial charge in [0, 0.05) is 31.3 Å². The van der Waals surface area contributed by atoms with Crippen molar-refractivity contribution in [2.24, 2.45) is 0 Å². The van der Waals surface area contributed by atoms with Crippen LogP contribution in [0.4, 0.5) is 0 Å². The SMILES string of the molecule is N#Cc1c2n(Cc3ccc(Cl)nc3)cccc-2n(Cc2cccnc2)c1=O. The van der Waals surface area contributed by atoms with E-state index in [-0.39, 0.29) is 11.1 Å². The highest BCUT2D eigenvalue weighted by Gasteiger charge is 2.23. The Bertz CT molecular complexity index is 1160. The minimum atomic E-state index is -0.300. The molecule has 0 aromatic carbocycles. The van der Waals surface area contributed by atoms with Gasteiger partial charge in [-0.25, -0.2) is 4.98 Å². The lowest BCUT2D eigenvalue weighted by Gasteiger charge is -2.14. The molecule has 0 spiro atoms. The van der Waals surface area contributed by atoms with Crippen molar-refractivity contribution >= 4 is 11.6 Å². The van der Waals surface area contributed by atoms with Gasteiger partial charge < -0.3 is 9.13 Å². The quantitative estimate of drug-likeness (QED) is 0.513. The number of pyridine rings is 3. The topological polar surface area (TPSA) is 76.5 Å². The van der Waals surface area contributed by atoms with Crippen molar-refractivity contribution in [2.45, 2.75) is 13.1 Å². The minimum Gasteiger partial charge on any atom is -0.341 e. The van der Waals surface area contributed by atoms with Gasteiger partial charge in [-0.3, -0.25) is 9.78 Å². The lowest BCUT2D eigenvalue weighted by Crippen LogP contribution is -2.17. The van der Waals surface area contributed by atoms with Gasteiger partial charge in [-0.05, 0) is 35.4 Å². The van der Waals surface area contributed by atoms with E-state index < -0.39 is 0 Å². The van der Waals surface area contributed by atoms with Crippen LogP contribution in [0.1, 0.15) is 16.7 Å². The number of halogens is 1. The summed E-state index contributed by atoms with van der Waals surface area (Å²) in [6.45, 7) is 0.837. The van der Waals surface area contributed by atoms with Crippen molar-refractivity contribution in [2.75, 3.05) is 0 Å². The highest BCUT2D eigenvalue weighted by atomic mass is 35.5. The average Bonchev–Trinajstić information content (AvgIpc) is 2.97. The highest BCUT2D eigenvalue weighted by molar-refractivity contribution is 6.29. The second-order valence-corrected chi connectivity index (χ2v) is 6.49. The summed E-state index contributed by atoms with van der Waals surface area (Å²) in [7, 11) is 0. The molecular formula is C20H14ClN5O. The Balaban J connectivity index is 1.80. The van der Waals surface area contributed by atoms with Crippen LogP contribution in [0.25, 0.3) is 11.4 Å². The van der Waals surface area contributed by atoms with Gasteiger partial charge >= 0.3 is 0 Å². The van der Waals surface area contributed by atoms with E-state index in [1.165, 1.54) is 0 Å². The molecule has 2 aliphatic rings. The number of rotatable bonds is 4. The third kappa shape index (κ3) is 3.21. The number of hydrogen-bond donors (Lipinski definition) is 0. The van der Waals surface area contributed by atoms with Gasteiger partial charge in [0.15, 0.2) is 0 Å². The van der Waals surface area contributed by atoms with Gasteiger partial charge in [0.1, 0.15) is 16.8 Å². The molecule has 2 aliphatic heterocycles. The highest BCUT2D eigenvalue weighted by Crippen LogP contribution is 2.26. The molecule has 0 atom stereocenters. The van der Waals surface area contributed by atoms with Gasteiger partial charge in [0.05, 0.1) is 17.9 Å². The zero-order valence-corrected chi connectivity index (χ0v) is 15.0. The molecule has 2 aromatic heterocycles. The zero-order valence-electron chi connectivity index (χ0n) is 14.2. The molecule has 0 aliphatic carbocycles. The van der Waals surface area contributed by atoms with Crippen molar-refractivity contribution in [3.05, 3.63) is 93.4 Å². The number of aromatic nitrogens is 4. The van der Waals surface area contributed by atoms with Crippen LogP contribution in [-0.2, 0) is 13.1 Å². The first-order chi connectivity index (χ1) is 13.2. The fourth-order valence-corrected chi connectivity index (χ4v) is 3.25. The summed E-state index contributed by atoms with van der Waals surface area (Å²) in [5.41, 5.74) is 2.98. The largest absolute Gasteiger partial charge is 0.341 e. The summed E-state index contributed by atoms with van der Waals surface area (Å²) in [6, 6.07) is 13.1. The van der Waals surface area contributed by atoms with Gasteiger partial charge in [-0.2, -0.15) is 5.26 Å². The first-order valence-electron chi connectivity index (χ1n) is 8.28. The van der Waals surface area contributed by atoms with E-state index in [4.69, 9.17) is 11.6 Å². The molecule has 0 saturated heterocycles. The fourth-order valence-electron chi connectivity index (χ4n) is 3.13. The van der Waals surface area contributed by atoms with Crippen LogP contribution in [0.2, 0.25) is 5.15 Å². The van der Waals surface area contributed by atoms with Gasteiger partial charge in [-0.15, -0.1) is 0 Å². The maximum Gasteiger partial charge on any atom is 0.271 e. The predicted molar refractivity (Wildman–Crippen MR) is 102 cm³/mol. The van der Waals surface area contributed by atoms with Crippen LogP contribution < -0.4 is 5.56 Å². The average molecular weight is 376 g/mol. The number of fused-ring (bicyclic) bond motifs is 1. The second kappa shape index (κ2) is 7.06. The van der Waals surface area contributed by atoms with Crippen molar-refractivity contribution in [1.29, 1.82) is 5.26 Å².